The number of imide groups is 1. The van der Waals surface area contributed by atoms with Crippen molar-refractivity contribution in [3.8, 4) is 11.8 Å². The lowest BCUT2D eigenvalue weighted by Gasteiger charge is -2.35. The number of likely N-dealkylation sites (tertiary alicyclic amines) is 1. The van der Waals surface area contributed by atoms with E-state index < -0.39 is 17.8 Å². The predicted octanol–water partition coefficient (Wildman–Crippen LogP) is 2.73. The number of anilines is 1. The average Bonchev–Trinajstić information content (AvgIpc) is 2.92. The van der Waals surface area contributed by atoms with Crippen LogP contribution in [0.25, 0.3) is 0 Å². The molecule has 3 rings (SSSR count). The fraction of sp³-hybridized carbons (Fsp3) is 0.450. The fourth-order valence-corrected chi connectivity index (χ4v) is 3.49. The van der Waals surface area contributed by atoms with Crippen LogP contribution in [0.2, 0.25) is 5.02 Å². The van der Waals surface area contributed by atoms with E-state index in [1.165, 1.54) is 0 Å². The first kappa shape index (κ1) is 21.0. The van der Waals surface area contributed by atoms with Gasteiger partial charge in [-0.2, -0.15) is 0 Å². The van der Waals surface area contributed by atoms with Gasteiger partial charge in [0.05, 0.1) is 6.54 Å². The molecule has 2 aliphatic heterocycles. The van der Waals surface area contributed by atoms with Crippen LogP contribution in [0.1, 0.15) is 19.8 Å². The molecule has 2 heterocycles. The molecule has 0 saturated carbocycles. The van der Waals surface area contributed by atoms with Crippen molar-refractivity contribution >= 4 is 35.4 Å². The third kappa shape index (κ3) is 5.00. The summed E-state index contributed by atoms with van der Waals surface area (Å²) in [5.74, 6) is 5.50. The summed E-state index contributed by atoms with van der Waals surface area (Å²) in [4.78, 5) is 39.1. The van der Waals surface area contributed by atoms with Crippen molar-refractivity contribution in [3.05, 3.63) is 29.3 Å². The Hall–Kier alpha value is -2.76. The molecule has 0 aromatic heterocycles. The van der Waals surface area contributed by atoms with Crippen molar-refractivity contribution < 1.29 is 23.9 Å². The highest BCUT2D eigenvalue weighted by Crippen LogP contribution is 2.34. The summed E-state index contributed by atoms with van der Waals surface area (Å²) in [7, 11) is 0. The van der Waals surface area contributed by atoms with Gasteiger partial charge in [-0.3, -0.25) is 15.0 Å². The number of rotatable bonds is 4. The zero-order valence-corrected chi connectivity index (χ0v) is 16.8. The number of hydrogen-bond donors (Lipinski definition) is 1. The van der Waals surface area contributed by atoms with Crippen LogP contribution in [0, 0.1) is 11.8 Å². The predicted molar refractivity (Wildman–Crippen MR) is 106 cm³/mol. The van der Waals surface area contributed by atoms with Gasteiger partial charge < -0.3 is 9.47 Å². The van der Waals surface area contributed by atoms with Crippen LogP contribution >= 0.6 is 11.6 Å². The highest BCUT2D eigenvalue weighted by molar-refractivity contribution is 6.30. The van der Waals surface area contributed by atoms with Crippen molar-refractivity contribution in [3.63, 3.8) is 0 Å². The van der Waals surface area contributed by atoms with Gasteiger partial charge >= 0.3 is 12.2 Å². The van der Waals surface area contributed by atoms with Crippen molar-refractivity contribution in [1.82, 2.24) is 9.80 Å². The molecular formula is C20H22ClN3O5. The van der Waals surface area contributed by atoms with Crippen LogP contribution in [0.3, 0.4) is 0 Å². The summed E-state index contributed by atoms with van der Waals surface area (Å²) >= 11 is 5.85. The number of likely N-dealkylation sites (N-methyl/N-ethyl adjacent to an activating group) is 1. The zero-order valence-electron chi connectivity index (χ0n) is 16.1. The quantitative estimate of drug-likeness (QED) is 0.755. The van der Waals surface area contributed by atoms with Crippen molar-refractivity contribution in [2.75, 3.05) is 38.1 Å². The fourth-order valence-electron chi connectivity index (χ4n) is 3.30. The molecule has 0 unspecified atom stereocenters. The minimum absolute atomic E-state index is 0.0360. The molecule has 1 aromatic carbocycles. The molecule has 2 aliphatic rings. The highest BCUT2D eigenvalue weighted by atomic mass is 35.5. The van der Waals surface area contributed by atoms with E-state index in [0.717, 1.165) is 4.90 Å². The van der Waals surface area contributed by atoms with E-state index >= 15 is 0 Å². The standard InChI is InChI=1S/C20H22ClN3O5/c1-2-24-17(25)20(29-19(24)27)8-11-23(12-9-20)10-3-4-13-28-18(26)22-16-7-5-6-15(21)14-16/h5-7,14H,2,8-13H2,1H3,(H,22,26). The summed E-state index contributed by atoms with van der Waals surface area (Å²) < 4.78 is 10.4. The number of hydrogen-bond acceptors (Lipinski definition) is 6. The molecule has 2 fully saturated rings. The number of nitrogens with zero attached hydrogens (tertiary/aromatic N) is 2. The smallest absolute Gasteiger partial charge is 0.417 e. The SMILES string of the molecule is CCN1C(=O)OC2(CCN(CC#CCOC(=O)Nc3cccc(Cl)c3)CC2)C1=O. The Morgan fingerprint density at radius 1 is 1.31 bits per heavy atom. The van der Waals surface area contributed by atoms with Crippen molar-refractivity contribution in [2.45, 2.75) is 25.4 Å². The molecule has 0 aliphatic carbocycles. The van der Waals surface area contributed by atoms with Gasteiger partial charge in [-0.1, -0.05) is 29.5 Å². The molecule has 0 radical (unpaired) electrons. The molecular weight excluding hydrogens is 398 g/mol. The summed E-state index contributed by atoms with van der Waals surface area (Å²) in [5, 5.41) is 3.08. The van der Waals surface area contributed by atoms with Crippen LogP contribution < -0.4 is 5.32 Å². The Morgan fingerprint density at radius 2 is 2.07 bits per heavy atom. The molecule has 1 spiro atoms. The van der Waals surface area contributed by atoms with E-state index in [2.05, 4.69) is 22.1 Å². The van der Waals surface area contributed by atoms with E-state index in [-0.39, 0.29) is 12.5 Å². The van der Waals surface area contributed by atoms with Gasteiger partial charge in [0, 0.05) is 43.2 Å². The van der Waals surface area contributed by atoms with Gasteiger partial charge in [-0.15, -0.1) is 0 Å². The number of amides is 3. The van der Waals surface area contributed by atoms with Crippen LogP contribution in [-0.2, 0) is 14.3 Å². The largest absolute Gasteiger partial charge is 0.436 e. The topological polar surface area (TPSA) is 88.2 Å². The molecule has 8 nitrogen and oxygen atoms in total. The van der Waals surface area contributed by atoms with Gasteiger partial charge in [-0.05, 0) is 25.1 Å². The molecule has 1 aromatic rings. The summed E-state index contributed by atoms with van der Waals surface area (Å²) in [6.45, 7) is 3.71. The first-order valence-electron chi connectivity index (χ1n) is 9.36. The maximum absolute atomic E-state index is 12.4. The lowest BCUT2D eigenvalue weighted by atomic mass is 9.90. The van der Waals surface area contributed by atoms with Crippen LogP contribution in [0.5, 0.6) is 0 Å². The maximum atomic E-state index is 12.4. The van der Waals surface area contributed by atoms with Crippen LogP contribution in [0.15, 0.2) is 24.3 Å². The van der Waals surface area contributed by atoms with Crippen molar-refractivity contribution in [1.29, 1.82) is 0 Å². The van der Waals surface area contributed by atoms with Crippen LogP contribution in [-0.4, -0.2) is 66.3 Å². The van der Waals surface area contributed by atoms with Gasteiger partial charge in [0.2, 0.25) is 0 Å². The third-order valence-corrected chi connectivity index (χ3v) is 5.13. The van der Waals surface area contributed by atoms with Gasteiger partial charge in [-0.25, -0.2) is 14.5 Å². The minimum atomic E-state index is -1.02. The second kappa shape index (κ2) is 9.16. The van der Waals surface area contributed by atoms with E-state index in [0.29, 0.717) is 49.7 Å². The van der Waals surface area contributed by atoms with E-state index in [1.54, 1.807) is 31.2 Å². The zero-order chi connectivity index (χ0) is 20.9. The molecule has 0 bridgehead atoms. The number of benzene rings is 1. The van der Waals surface area contributed by atoms with Crippen molar-refractivity contribution in [2.24, 2.45) is 0 Å². The monoisotopic (exact) mass is 419 g/mol. The Kier molecular flexibility index (Phi) is 6.62. The number of carbonyl (C=O) groups excluding carboxylic acids is 3. The Bertz CT molecular complexity index is 855. The first-order valence-corrected chi connectivity index (χ1v) is 9.74. The van der Waals surface area contributed by atoms with Gasteiger partial charge in [0.1, 0.15) is 0 Å². The Balaban J connectivity index is 1.38. The van der Waals surface area contributed by atoms with Gasteiger partial charge in [0.25, 0.3) is 5.91 Å². The van der Waals surface area contributed by atoms with Crippen LogP contribution in [0.4, 0.5) is 15.3 Å². The second-order valence-electron chi connectivity index (χ2n) is 6.75. The summed E-state index contributed by atoms with van der Waals surface area (Å²) in [6, 6.07) is 6.75. The molecule has 1 N–H and O–H groups in total. The maximum Gasteiger partial charge on any atom is 0.417 e. The molecule has 0 atom stereocenters. The molecule has 29 heavy (non-hydrogen) atoms. The lowest BCUT2D eigenvalue weighted by Crippen LogP contribution is -2.50. The highest BCUT2D eigenvalue weighted by Gasteiger charge is 2.54. The second-order valence-corrected chi connectivity index (χ2v) is 7.19. The number of nitrogens with one attached hydrogen (secondary N) is 1. The third-order valence-electron chi connectivity index (χ3n) is 4.89. The summed E-state index contributed by atoms with van der Waals surface area (Å²) in [5.41, 5.74) is -0.472. The Morgan fingerprint density at radius 3 is 2.72 bits per heavy atom. The molecule has 154 valence electrons. The average molecular weight is 420 g/mol. The molecule has 2 saturated heterocycles. The summed E-state index contributed by atoms with van der Waals surface area (Å²) in [6.07, 6.45) is -0.259. The Labute approximate surface area is 174 Å². The normalized spacial score (nSPS) is 18.2. The number of carbonyl (C=O) groups is 3. The lowest BCUT2D eigenvalue weighted by molar-refractivity contribution is -0.140. The molecule has 9 heteroatoms. The van der Waals surface area contributed by atoms with Gasteiger partial charge in [0.15, 0.2) is 12.2 Å². The minimum Gasteiger partial charge on any atom is -0.436 e. The van der Waals surface area contributed by atoms with E-state index in [4.69, 9.17) is 21.1 Å². The first-order chi connectivity index (χ1) is 13.9. The number of halogens is 1. The van der Waals surface area contributed by atoms with E-state index in [9.17, 15) is 14.4 Å². The molecule has 3 amide bonds. The number of piperidine rings is 1. The number of ether oxygens (including phenoxy) is 2. The van der Waals surface area contributed by atoms with E-state index in [1.807, 2.05) is 0 Å².